The van der Waals surface area contributed by atoms with Gasteiger partial charge in [-0.3, -0.25) is 14.9 Å². The van der Waals surface area contributed by atoms with Gasteiger partial charge in [0.2, 0.25) is 5.91 Å². The molecule has 2 aromatic heterocycles. The van der Waals surface area contributed by atoms with Crippen LogP contribution in [0.3, 0.4) is 0 Å². The first-order valence-corrected chi connectivity index (χ1v) is 9.52. The van der Waals surface area contributed by atoms with Crippen molar-refractivity contribution in [1.29, 1.82) is 0 Å². The molecular formula is C18H17N3O2S2. The molecule has 0 saturated heterocycles. The molecule has 0 aliphatic heterocycles. The number of carbonyl (C=O) groups is 2. The lowest BCUT2D eigenvalue weighted by molar-refractivity contribution is -0.118. The second-order valence-corrected chi connectivity index (χ2v) is 7.21. The van der Waals surface area contributed by atoms with Gasteiger partial charge in [0.05, 0.1) is 10.6 Å². The van der Waals surface area contributed by atoms with Gasteiger partial charge in [-0.05, 0) is 23.4 Å². The van der Waals surface area contributed by atoms with Gasteiger partial charge in [0, 0.05) is 24.4 Å². The zero-order valence-corrected chi connectivity index (χ0v) is 15.2. The number of hydrogen-bond acceptors (Lipinski definition) is 5. The van der Waals surface area contributed by atoms with E-state index in [1.54, 1.807) is 6.07 Å². The number of anilines is 1. The summed E-state index contributed by atoms with van der Waals surface area (Å²) in [6.07, 6.45) is 0.791. The van der Waals surface area contributed by atoms with Crippen LogP contribution in [0.15, 0.2) is 47.2 Å². The van der Waals surface area contributed by atoms with Gasteiger partial charge in [0.1, 0.15) is 0 Å². The van der Waals surface area contributed by atoms with Crippen molar-refractivity contribution in [2.75, 3.05) is 11.9 Å². The number of nitrogens with zero attached hydrogens (tertiary/aromatic N) is 1. The van der Waals surface area contributed by atoms with Crippen LogP contribution in [-0.2, 0) is 11.2 Å². The number of thiophene rings is 1. The van der Waals surface area contributed by atoms with Gasteiger partial charge in [0.15, 0.2) is 5.13 Å². The Bertz CT molecular complexity index is 855. The smallest absolute Gasteiger partial charge is 0.267 e. The minimum Gasteiger partial charge on any atom is -0.356 e. The molecule has 0 aliphatic carbocycles. The predicted octanol–water partition coefficient (Wildman–Crippen LogP) is 3.80. The van der Waals surface area contributed by atoms with Crippen LogP contribution >= 0.6 is 22.7 Å². The Labute approximate surface area is 153 Å². The maximum Gasteiger partial charge on any atom is 0.267 e. The first-order valence-electron chi connectivity index (χ1n) is 7.76. The molecule has 7 heteroatoms. The lowest BCUT2D eigenvalue weighted by Gasteiger charge is -2.04. The van der Waals surface area contributed by atoms with Gasteiger partial charge in [-0.2, -0.15) is 0 Å². The molecule has 5 nitrogen and oxygen atoms in total. The van der Waals surface area contributed by atoms with E-state index in [9.17, 15) is 9.59 Å². The predicted molar refractivity (Wildman–Crippen MR) is 102 cm³/mol. The highest BCUT2D eigenvalue weighted by atomic mass is 32.1. The van der Waals surface area contributed by atoms with E-state index in [1.807, 2.05) is 41.1 Å². The fourth-order valence-corrected chi connectivity index (χ4v) is 3.59. The molecule has 0 saturated carbocycles. The number of benzene rings is 1. The van der Waals surface area contributed by atoms with Crippen molar-refractivity contribution in [1.82, 2.24) is 10.3 Å². The van der Waals surface area contributed by atoms with Crippen molar-refractivity contribution in [3.63, 3.8) is 0 Å². The summed E-state index contributed by atoms with van der Waals surface area (Å²) in [4.78, 5) is 28.1. The van der Waals surface area contributed by atoms with E-state index in [0.717, 1.165) is 23.2 Å². The third-order valence-corrected chi connectivity index (χ3v) is 5.13. The molecule has 0 spiro atoms. The molecular weight excluding hydrogens is 354 g/mol. The van der Waals surface area contributed by atoms with Crippen molar-refractivity contribution in [3.8, 4) is 11.3 Å². The van der Waals surface area contributed by atoms with E-state index in [1.165, 1.54) is 29.6 Å². The van der Waals surface area contributed by atoms with Gasteiger partial charge in [-0.15, -0.1) is 22.7 Å². The lowest BCUT2D eigenvalue weighted by atomic mass is 10.1. The largest absolute Gasteiger partial charge is 0.356 e. The third-order valence-electron chi connectivity index (χ3n) is 3.51. The summed E-state index contributed by atoms with van der Waals surface area (Å²) in [5, 5.41) is 9.99. The average molecular weight is 371 g/mol. The lowest BCUT2D eigenvalue weighted by Crippen LogP contribution is -2.22. The van der Waals surface area contributed by atoms with Crippen LogP contribution in [0, 0.1) is 0 Å². The SMILES string of the molecule is CC(=O)NCCc1ccc(-c2csc(NC(=O)c3cccs3)n2)cc1. The maximum atomic E-state index is 12.0. The van der Waals surface area contributed by atoms with E-state index in [4.69, 9.17) is 0 Å². The van der Waals surface area contributed by atoms with Gasteiger partial charge >= 0.3 is 0 Å². The minimum absolute atomic E-state index is 0.0174. The highest BCUT2D eigenvalue weighted by Gasteiger charge is 2.10. The van der Waals surface area contributed by atoms with Crippen molar-refractivity contribution in [2.45, 2.75) is 13.3 Å². The minimum atomic E-state index is -0.135. The Morgan fingerprint density at radius 1 is 1.12 bits per heavy atom. The summed E-state index contributed by atoms with van der Waals surface area (Å²) < 4.78 is 0. The first-order chi connectivity index (χ1) is 12.1. The summed E-state index contributed by atoms with van der Waals surface area (Å²) in [5.74, 6) is -0.152. The quantitative estimate of drug-likeness (QED) is 0.692. The zero-order chi connectivity index (χ0) is 17.6. The second-order valence-electron chi connectivity index (χ2n) is 5.40. The molecule has 25 heavy (non-hydrogen) atoms. The second kappa shape index (κ2) is 8.04. The van der Waals surface area contributed by atoms with E-state index in [-0.39, 0.29) is 11.8 Å². The van der Waals surface area contributed by atoms with Crippen molar-refractivity contribution >= 4 is 39.6 Å². The topological polar surface area (TPSA) is 71.1 Å². The summed E-state index contributed by atoms with van der Waals surface area (Å²) >= 11 is 2.81. The fraction of sp³-hybridized carbons (Fsp3) is 0.167. The third kappa shape index (κ3) is 4.74. The number of hydrogen-bond donors (Lipinski definition) is 2. The van der Waals surface area contributed by atoms with Gasteiger partial charge in [-0.1, -0.05) is 30.3 Å². The molecule has 3 rings (SSSR count). The van der Waals surface area contributed by atoms with Gasteiger partial charge in [-0.25, -0.2) is 4.98 Å². The van der Waals surface area contributed by atoms with Crippen molar-refractivity contribution in [2.24, 2.45) is 0 Å². The van der Waals surface area contributed by atoms with Crippen LogP contribution in [-0.4, -0.2) is 23.3 Å². The monoisotopic (exact) mass is 371 g/mol. The Hall–Kier alpha value is -2.51. The van der Waals surface area contributed by atoms with Crippen LogP contribution < -0.4 is 10.6 Å². The molecule has 1 aromatic carbocycles. The molecule has 2 N–H and O–H groups in total. The van der Waals surface area contributed by atoms with Gasteiger partial charge < -0.3 is 5.32 Å². The number of rotatable bonds is 6. The van der Waals surface area contributed by atoms with Crippen LogP contribution in [0.4, 0.5) is 5.13 Å². The number of aromatic nitrogens is 1. The highest BCUT2D eigenvalue weighted by molar-refractivity contribution is 7.14. The number of nitrogens with one attached hydrogen (secondary N) is 2. The highest BCUT2D eigenvalue weighted by Crippen LogP contribution is 2.26. The molecule has 0 aliphatic rings. The number of amides is 2. The average Bonchev–Trinajstić information content (AvgIpc) is 3.27. The van der Waals surface area contributed by atoms with Crippen LogP contribution in [0.2, 0.25) is 0 Å². The number of carbonyl (C=O) groups excluding carboxylic acids is 2. The van der Waals surface area contributed by atoms with E-state index >= 15 is 0 Å². The van der Waals surface area contributed by atoms with Crippen LogP contribution in [0.25, 0.3) is 11.3 Å². The maximum absolute atomic E-state index is 12.0. The van der Waals surface area contributed by atoms with Crippen LogP contribution in [0.5, 0.6) is 0 Å². The standard InChI is InChI=1S/C18H17N3O2S2/c1-12(22)19-9-8-13-4-6-14(7-5-13)15-11-25-18(20-15)21-17(23)16-3-2-10-24-16/h2-7,10-11H,8-9H2,1H3,(H,19,22)(H,20,21,23). The summed E-state index contributed by atoms with van der Waals surface area (Å²) in [5.41, 5.74) is 2.98. The molecule has 0 bridgehead atoms. The van der Waals surface area contributed by atoms with E-state index in [2.05, 4.69) is 15.6 Å². The van der Waals surface area contributed by atoms with Crippen LogP contribution in [0.1, 0.15) is 22.2 Å². The zero-order valence-electron chi connectivity index (χ0n) is 13.6. The van der Waals surface area contributed by atoms with Crippen molar-refractivity contribution in [3.05, 3.63) is 57.6 Å². The van der Waals surface area contributed by atoms with Crippen molar-refractivity contribution < 1.29 is 9.59 Å². The fourth-order valence-electron chi connectivity index (χ4n) is 2.26. The normalized spacial score (nSPS) is 10.4. The molecule has 0 unspecified atom stereocenters. The summed E-state index contributed by atoms with van der Waals surface area (Å²) in [6.45, 7) is 2.14. The molecule has 128 valence electrons. The Balaban J connectivity index is 1.62. The molecule has 0 radical (unpaired) electrons. The van der Waals surface area contributed by atoms with Gasteiger partial charge in [0.25, 0.3) is 5.91 Å². The molecule has 3 aromatic rings. The molecule has 0 fully saturated rings. The Morgan fingerprint density at radius 3 is 2.60 bits per heavy atom. The van der Waals surface area contributed by atoms with E-state index in [0.29, 0.717) is 16.6 Å². The van der Waals surface area contributed by atoms with E-state index < -0.39 is 0 Å². The Kier molecular flexibility index (Phi) is 5.57. The first kappa shape index (κ1) is 17.3. The molecule has 0 atom stereocenters. The molecule has 2 amide bonds. The Morgan fingerprint density at radius 2 is 1.92 bits per heavy atom. The summed E-state index contributed by atoms with van der Waals surface area (Å²) in [6, 6.07) is 11.7. The molecule has 2 heterocycles. The number of thiazole rings is 1. The summed E-state index contributed by atoms with van der Waals surface area (Å²) in [7, 11) is 0.